The Hall–Kier alpha value is -0.840. The summed E-state index contributed by atoms with van der Waals surface area (Å²) in [6.07, 6.45) is 1.78. The standard InChI is InChI=1S/C15H28N2O2/c1-6-17(8-10-18-5)12-14-13(7-9-19-14)11-16-15(2,3)4/h7,9,16H,6,8,10-12H2,1-5H3. The second-order valence-corrected chi connectivity index (χ2v) is 5.83. The lowest BCUT2D eigenvalue weighted by molar-refractivity contribution is 0.142. The van der Waals surface area contributed by atoms with Crippen molar-refractivity contribution < 1.29 is 9.15 Å². The van der Waals surface area contributed by atoms with Crippen LogP contribution >= 0.6 is 0 Å². The molecule has 0 saturated carbocycles. The molecular weight excluding hydrogens is 240 g/mol. The molecule has 0 aliphatic heterocycles. The molecule has 1 aromatic heterocycles. The molecule has 0 atom stereocenters. The first-order chi connectivity index (χ1) is 8.96. The molecule has 1 N–H and O–H groups in total. The van der Waals surface area contributed by atoms with E-state index in [1.54, 1.807) is 13.4 Å². The predicted molar refractivity (Wildman–Crippen MR) is 78.1 cm³/mol. The summed E-state index contributed by atoms with van der Waals surface area (Å²) in [5.74, 6) is 1.05. The summed E-state index contributed by atoms with van der Waals surface area (Å²) in [6, 6.07) is 2.05. The molecule has 19 heavy (non-hydrogen) atoms. The molecule has 0 aliphatic carbocycles. The normalized spacial score (nSPS) is 12.3. The van der Waals surface area contributed by atoms with Crippen LogP contribution in [0.3, 0.4) is 0 Å². The van der Waals surface area contributed by atoms with E-state index in [1.807, 2.05) is 0 Å². The molecule has 1 rings (SSSR count). The fraction of sp³-hybridized carbons (Fsp3) is 0.733. The van der Waals surface area contributed by atoms with Gasteiger partial charge < -0.3 is 14.5 Å². The smallest absolute Gasteiger partial charge is 0.122 e. The van der Waals surface area contributed by atoms with Gasteiger partial charge in [-0.1, -0.05) is 6.92 Å². The van der Waals surface area contributed by atoms with Crippen LogP contribution in [0.5, 0.6) is 0 Å². The Labute approximate surface area is 117 Å². The van der Waals surface area contributed by atoms with Crippen LogP contribution in [-0.2, 0) is 17.8 Å². The minimum atomic E-state index is 0.120. The van der Waals surface area contributed by atoms with Gasteiger partial charge in [-0.25, -0.2) is 0 Å². The molecule has 110 valence electrons. The Morgan fingerprint density at radius 3 is 2.68 bits per heavy atom. The minimum absolute atomic E-state index is 0.120. The highest BCUT2D eigenvalue weighted by Crippen LogP contribution is 2.14. The highest BCUT2D eigenvalue weighted by Gasteiger charge is 2.14. The number of hydrogen-bond donors (Lipinski definition) is 1. The van der Waals surface area contributed by atoms with Gasteiger partial charge >= 0.3 is 0 Å². The summed E-state index contributed by atoms with van der Waals surface area (Å²) in [7, 11) is 1.74. The van der Waals surface area contributed by atoms with E-state index in [0.717, 1.165) is 38.5 Å². The second-order valence-electron chi connectivity index (χ2n) is 5.83. The molecule has 1 heterocycles. The van der Waals surface area contributed by atoms with Gasteiger partial charge in [-0.05, 0) is 33.4 Å². The van der Waals surface area contributed by atoms with Crippen LogP contribution in [0.15, 0.2) is 16.7 Å². The largest absolute Gasteiger partial charge is 0.468 e. The third kappa shape index (κ3) is 6.23. The molecule has 1 aromatic rings. The fourth-order valence-electron chi connectivity index (χ4n) is 1.80. The van der Waals surface area contributed by atoms with Gasteiger partial charge in [-0.2, -0.15) is 0 Å². The number of ether oxygens (including phenoxy) is 1. The SMILES string of the molecule is CCN(CCOC)Cc1occc1CNC(C)(C)C. The molecule has 0 bridgehead atoms. The number of rotatable bonds is 8. The first kappa shape index (κ1) is 16.2. The summed E-state index contributed by atoms with van der Waals surface area (Å²) in [5, 5.41) is 3.50. The van der Waals surface area contributed by atoms with Gasteiger partial charge in [0.25, 0.3) is 0 Å². The third-order valence-corrected chi connectivity index (χ3v) is 3.07. The minimum Gasteiger partial charge on any atom is -0.468 e. The van der Waals surface area contributed by atoms with Crippen molar-refractivity contribution in [3.8, 4) is 0 Å². The van der Waals surface area contributed by atoms with E-state index < -0.39 is 0 Å². The maximum absolute atomic E-state index is 5.62. The van der Waals surface area contributed by atoms with Crippen LogP contribution in [0.4, 0.5) is 0 Å². The number of nitrogens with zero attached hydrogens (tertiary/aromatic N) is 1. The first-order valence-corrected chi connectivity index (χ1v) is 6.98. The molecule has 0 saturated heterocycles. The summed E-state index contributed by atoms with van der Waals surface area (Å²) in [6.45, 7) is 13.0. The number of nitrogens with one attached hydrogen (secondary N) is 1. The van der Waals surface area contributed by atoms with Crippen molar-refractivity contribution in [1.29, 1.82) is 0 Å². The summed E-state index contributed by atoms with van der Waals surface area (Å²) >= 11 is 0. The van der Waals surface area contributed by atoms with E-state index >= 15 is 0 Å². The number of methoxy groups -OCH3 is 1. The molecule has 4 heteroatoms. The lowest BCUT2D eigenvalue weighted by atomic mass is 10.1. The van der Waals surface area contributed by atoms with Crippen LogP contribution in [0.25, 0.3) is 0 Å². The summed E-state index contributed by atoms with van der Waals surface area (Å²) in [5.41, 5.74) is 1.36. The van der Waals surface area contributed by atoms with Crippen molar-refractivity contribution in [1.82, 2.24) is 10.2 Å². The topological polar surface area (TPSA) is 37.6 Å². The van der Waals surface area contributed by atoms with E-state index in [1.165, 1.54) is 5.56 Å². The summed E-state index contributed by atoms with van der Waals surface area (Å²) in [4.78, 5) is 2.32. The molecule has 0 fully saturated rings. The van der Waals surface area contributed by atoms with Crippen LogP contribution in [-0.4, -0.2) is 37.2 Å². The van der Waals surface area contributed by atoms with E-state index in [4.69, 9.17) is 9.15 Å². The zero-order chi connectivity index (χ0) is 14.3. The number of hydrogen-bond acceptors (Lipinski definition) is 4. The quantitative estimate of drug-likeness (QED) is 0.786. The highest BCUT2D eigenvalue weighted by molar-refractivity contribution is 5.17. The van der Waals surface area contributed by atoms with Gasteiger partial charge in [-0.3, -0.25) is 4.90 Å². The van der Waals surface area contributed by atoms with Gasteiger partial charge in [0.05, 0.1) is 19.4 Å². The van der Waals surface area contributed by atoms with Crippen molar-refractivity contribution >= 4 is 0 Å². The lowest BCUT2D eigenvalue weighted by Crippen LogP contribution is -2.35. The first-order valence-electron chi connectivity index (χ1n) is 6.98. The van der Waals surface area contributed by atoms with Crippen LogP contribution < -0.4 is 5.32 Å². The van der Waals surface area contributed by atoms with Crippen LogP contribution in [0.2, 0.25) is 0 Å². The maximum atomic E-state index is 5.62. The third-order valence-electron chi connectivity index (χ3n) is 3.07. The van der Waals surface area contributed by atoms with Crippen LogP contribution in [0.1, 0.15) is 39.0 Å². The molecular formula is C15H28N2O2. The zero-order valence-corrected chi connectivity index (χ0v) is 13.0. The van der Waals surface area contributed by atoms with Gasteiger partial charge in [0.15, 0.2) is 0 Å². The van der Waals surface area contributed by atoms with Crippen molar-refractivity contribution in [3.63, 3.8) is 0 Å². The molecule has 0 aliphatic rings. The second kappa shape index (κ2) is 7.68. The maximum Gasteiger partial charge on any atom is 0.122 e. The van der Waals surface area contributed by atoms with Gasteiger partial charge in [0.2, 0.25) is 0 Å². The molecule has 0 unspecified atom stereocenters. The summed E-state index contributed by atoms with van der Waals surface area (Å²) < 4.78 is 10.8. The van der Waals surface area contributed by atoms with Gasteiger partial charge in [0, 0.05) is 31.3 Å². The average Bonchev–Trinajstić information content (AvgIpc) is 2.78. The Balaban J connectivity index is 2.56. The fourth-order valence-corrected chi connectivity index (χ4v) is 1.80. The van der Waals surface area contributed by atoms with Crippen molar-refractivity contribution in [2.45, 2.75) is 46.3 Å². The molecule has 0 amide bonds. The van der Waals surface area contributed by atoms with E-state index in [2.05, 4.69) is 44.0 Å². The van der Waals surface area contributed by atoms with E-state index in [9.17, 15) is 0 Å². The Bertz CT molecular complexity index is 355. The molecule has 4 nitrogen and oxygen atoms in total. The molecule has 0 aromatic carbocycles. The van der Waals surface area contributed by atoms with Crippen molar-refractivity contribution in [3.05, 3.63) is 23.7 Å². The Kier molecular flexibility index (Phi) is 6.55. The molecule has 0 spiro atoms. The van der Waals surface area contributed by atoms with Crippen molar-refractivity contribution in [2.75, 3.05) is 26.8 Å². The predicted octanol–water partition coefficient (Wildman–Crippen LogP) is 2.64. The van der Waals surface area contributed by atoms with Crippen LogP contribution in [0, 0.1) is 0 Å². The van der Waals surface area contributed by atoms with Gasteiger partial charge in [0.1, 0.15) is 5.76 Å². The Morgan fingerprint density at radius 1 is 1.37 bits per heavy atom. The van der Waals surface area contributed by atoms with Crippen molar-refractivity contribution in [2.24, 2.45) is 0 Å². The monoisotopic (exact) mass is 268 g/mol. The van der Waals surface area contributed by atoms with E-state index in [0.29, 0.717) is 0 Å². The highest BCUT2D eigenvalue weighted by atomic mass is 16.5. The van der Waals surface area contributed by atoms with Gasteiger partial charge in [-0.15, -0.1) is 0 Å². The zero-order valence-electron chi connectivity index (χ0n) is 13.0. The average molecular weight is 268 g/mol. The molecule has 0 radical (unpaired) electrons. The lowest BCUT2D eigenvalue weighted by Gasteiger charge is -2.22. The Morgan fingerprint density at radius 2 is 2.11 bits per heavy atom. The number of furan rings is 1. The van der Waals surface area contributed by atoms with E-state index in [-0.39, 0.29) is 5.54 Å². The number of likely N-dealkylation sites (N-methyl/N-ethyl adjacent to an activating group) is 1.